The molecule has 0 aliphatic carbocycles. The number of hydrogen-bond acceptors (Lipinski definition) is 7. The van der Waals surface area contributed by atoms with Crippen molar-refractivity contribution >= 4 is 34.5 Å². The van der Waals surface area contributed by atoms with Gasteiger partial charge < -0.3 is 14.1 Å². The van der Waals surface area contributed by atoms with E-state index in [0.29, 0.717) is 25.5 Å². The molecule has 3 heterocycles. The topological polar surface area (TPSA) is 73.4 Å². The first-order chi connectivity index (χ1) is 15.3. The number of fused-ring (bicyclic) bond motifs is 1. The number of Topliss-reactive ketones (excluding diaryl/α,β-unsaturated/α-hetero) is 1. The summed E-state index contributed by atoms with van der Waals surface area (Å²) in [6.07, 6.45) is 0. The molecule has 0 bridgehead atoms. The van der Waals surface area contributed by atoms with Crippen molar-refractivity contribution in [2.45, 2.75) is 11.7 Å². The van der Waals surface area contributed by atoms with Crippen molar-refractivity contribution in [3.05, 3.63) is 72.0 Å². The van der Waals surface area contributed by atoms with Crippen LogP contribution in [0.3, 0.4) is 0 Å². The summed E-state index contributed by atoms with van der Waals surface area (Å²) in [5.74, 6) is 1.35. The summed E-state index contributed by atoms with van der Waals surface area (Å²) in [6.45, 7) is 3.53. The number of morpholine rings is 1. The lowest BCUT2D eigenvalue weighted by molar-refractivity contribution is 0.0994. The Balaban J connectivity index is 1.37. The molecule has 0 spiro atoms. The number of carbonyl (C=O) groups is 1. The second kappa shape index (κ2) is 8.95. The fourth-order valence-electron chi connectivity index (χ4n) is 3.61. The highest BCUT2D eigenvalue weighted by atomic mass is 32.2. The third kappa shape index (κ3) is 4.35. The predicted octanol–water partition coefficient (Wildman–Crippen LogP) is 3.88. The maximum Gasteiger partial charge on any atom is 0.228 e. The molecule has 7 nitrogen and oxygen atoms in total. The van der Waals surface area contributed by atoms with Crippen molar-refractivity contribution in [2.24, 2.45) is 0 Å². The zero-order valence-corrected chi connectivity index (χ0v) is 17.8. The van der Waals surface area contributed by atoms with E-state index in [4.69, 9.17) is 9.15 Å². The zero-order chi connectivity index (χ0) is 21.0. The summed E-state index contributed by atoms with van der Waals surface area (Å²) < 4.78 is 13.3. The average Bonchev–Trinajstić information content (AvgIpc) is 3.43. The number of ether oxygens (including phenoxy) is 1. The lowest BCUT2D eigenvalue weighted by Crippen LogP contribution is -2.38. The third-order valence-electron chi connectivity index (χ3n) is 5.21. The molecule has 8 heteroatoms. The van der Waals surface area contributed by atoms with Gasteiger partial charge >= 0.3 is 0 Å². The van der Waals surface area contributed by atoms with E-state index in [1.807, 2.05) is 42.5 Å². The minimum Gasteiger partial charge on any atom is -0.453 e. The molecular formula is C23H22N4O3S. The van der Waals surface area contributed by atoms with Gasteiger partial charge in [-0.15, -0.1) is 10.2 Å². The number of anilines is 1. The molecule has 5 rings (SSSR count). The van der Waals surface area contributed by atoms with Crippen LogP contribution in [0.25, 0.3) is 11.0 Å². The van der Waals surface area contributed by atoms with Crippen molar-refractivity contribution < 1.29 is 13.9 Å². The van der Waals surface area contributed by atoms with Gasteiger partial charge in [-0.3, -0.25) is 9.36 Å². The van der Waals surface area contributed by atoms with E-state index < -0.39 is 0 Å². The number of furan rings is 1. The van der Waals surface area contributed by atoms with E-state index in [9.17, 15) is 4.79 Å². The molecule has 0 saturated carbocycles. The average molecular weight is 435 g/mol. The summed E-state index contributed by atoms with van der Waals surface area (Å²) in [5.41, 5.74) is 1.87. The van der Waals surface area contributed by atoms with Gasteiger partial charge in [-0.1, -0.05) is 60.3 Å². The Kier molecular flexibility index (Phi) is 5.73. The second-order valence-corrected chi connectivity index (χ2v) is 8.26. The summed E-state index contributed by atoms with van der Waals surface area (Å²) in [6, 6.07) is 19.6. The smallest absolute Gasteiger partial charge is 0.228 e. The van der Waals surface area contributed by atoms with Gasteiger partial charge in [0.2, 0.25) is 11.7 Å². The summed E-state index contributed by atoms with van der Waals surface area (Å²) in [4.78, 5) is 15.0. The molecule has 1 fully saturated rings. The van der Waals surface area contributed by atoms with E-state index in [-0.39, 0.29) is 11.5 Å². The van der Waals surface area contributed by atoms with Crippen molar-refractivity contribution in [2.75, 3.05) is 37.0 Å². The third-order valence-corrected chi connectivity index (χ3v) is 6.17. The second-order valence-electron chi connectivity index (χ2n) is 7.31. The van der Waals surface area contributed by atoms with Gasteiger partial charge in [0, 0.05) is 18.5 Å². The number of ketones is 1. The molecule has 0 atom stereocenters. The SMILES string of the molecule is O=C(CSc1nnc(N2CCOCC2)n1Cc1ccccc1)c1cc2ccccc2o1. The first-order valence-corrected chi connectivity index (χ1v) is 11.2. The van der Waals surface area contributed by atoms with Gasteiger partial charge in [-0.25, -0.2) is 0 Å². The quantitative estimate of drug-likeness (QED) is 0.323. The monoisotopic (exact) mass is 434 g/mol. The molecule has 1 saturated heterocycles. The minimum absolute atomic E-state index is 0.0663. The number of nitrogens with zero attached hydrogens (tertiary/aromatic N) is 4. The zero-order valence-electron chi connectivity index (χ0n) is 16.9. The van der Waals surface area contributed by atoms with E-state index >= 15 is 0 Å². The fraction of sp³-hybridized carbons (Fsp3) is 0.261. The Hall–Kier alpha value is -3.10. The Labute approximate surface area is 184 Å². The molecule has 1 aliphatic heterocycles. The molecular weight excluding hydrogens is 412 g/mol. The molecule has 2 aromatic carbocycles. The van der Waals surface area contributed by atoms with Crippen LogP contribution in [0, 0.1) is 0 Å². The van der Waals surface area contributed by atoms with Gasteiger partial charge in [-0.05, 0) is 17.7 Å². The molecule has 4 aromatic rings. The molecule has 31 heavy (non-hydrogen) atoms. The van der Waals surface area contributed by atoms with Crippen molar-refractivity contribution in [1.82, 2.24) is 14.8 Å². The molecule has 0 radical (unpaired) electrons. The van der Waals surface area contributed by atoms with Gasteiger partial charge in [0.15, 0.2) is 10.9 Å². The molecule has 2 aromatic heterocycles. The van der Waals surface area contributed by atoms with Gasteiger partial charge in [0.1, 0.15) is 5.58 Å². The van der Waals surface area contributed by atoms with E-state index in [0.717, 1.165) is 40.7 Å². The number of aromatic nitrogens is 3. The number of hydrogen-bond donors (Lipinski definition) is 0. The first-order valence-electron chi connectivity index (χ1n) is 10.2. The minimum atomic E-state index is -0.0663. The van der Waals surface area contributed by atoms with Crippen LogP contribution in [0.2, 0.25) is 0 Å². The number of thioether (sulfide) groups is 1. The largest absolute Gasteiger partial charge is 0.453 e. The number of carbonyl (C=O) groups excluding carboxylic acids is 1. The highest BCUT2D eigenvalue weighted by Gasteiger charge is 2.22. The normalized spacial score (nSPS) is 14.3. The van der Waals surface area contributed by atoms with Crippen molar-refractivity contribution in [1.29, 1.82) is 0 Å². The fourth-order valence-corrected chi connectivity index (χ4v) is 4.41. The van der Waals surface area contributed by atoms with Crippen LogP contribution in [0.15, 0.2) is 70.2 Å². The summed E-state index contributed by atoms with van der Waals surface area (Å²) in [7, 11) is 0. The Morgan fingerprint density at radius 2 is 1.77 bits per heavy atom. The molecule has 1 aliphatic rings. The molecule has 158 valence electrons. The molecule has 0 unspecified atom stereocenters. The summed E-state index contributed by atoms with van der Waals surface area (Å²) >= 11 is 1.39. The molecule has 0 N–H and O–H groups in total. The van der Waals surface area contributed by atoms with Gasteiger partial charge in [0.25, 0.3) is 0 Å². The van der Waals surface area contributed by atoms with Crippen molar-refractivity contribution in [3.8, 4) is 0 Å². The Morgan fingerprint density at radius 1 is 1.00 bits per heavy atom. The Morgan fingerprint density at radius 3 is 2.58 bits per heavy atom. The Bertz CT molecular complexity index is 1150. The maximum absolute atomic E-state index is 12.8. The van der Waals surface area contributed by atoms with Gasteiger partial charge in [0.05, 0.1) is 25.5 Å². The van der Waals surface area contributed by atoms with Crippen molar-refractivity contribution in [3.63, 3.8) is 0 Å². The van der Waals surface area contributed by atoms with Crippen LogP contribution in [0.5, 0.6) is 0 Å². The van der Waals surface area contributed by atoms with E-state index in [2.05, 4.69) is 31.8 Å². The number of rotatable bonds is 7. The summed E-state index contributed by atoms with van der Waals surface area (Å²) in [5, 5.41) is 10.5. The number of benzene rings is 2. The highest BCUT2D eigenvalue weighted by Crippen LogP contribution is 2.26. The van der Waals surface area contributed by atoms with Crippen LogP contribution in [0.4, 0.5) is 5.95 Å². The molecule has 0 amide bonds. The maximum atomic E-state index is 12.8. The first kappa shape index (κ1) is 19.8. The van der Waals surface area contributed by atoms with Crippen LogP contribution in [-0.2, 0) is 11.3 Å². The van der Waals surface area contributed by atoms with Crippen LogP contribution in [0.1, 0.15) is 16.1 Å². The number of para-hydroxylation sites is 1. The van der Waals surface area contributed by atoms with Crippen LogP contribution >= 0.6 is 11.8 Å². The predicted molar refractivity (Wildman–Crippen MR) is 120 cm³/mol. The van der Waals surface area contributed by atoms with E-state index in [1.54, 1.807) is 6.07 Å². The van der Waals surface area contributed by atoms with Crippen LogP contribution < -0.4 is 4.90 Å². The van der Waals surface area contributed by atoms with Crippen LogP contribution in [-0.4, -0.2) is 52.6 Å². The lowest BCUT2D eigenvalue weighted by Gasteiger charge is -2.28. The lowest BCUT2D eigenvalue weighted by atomic mass is 10.2. The standard InChI is InChI=1S/C23H22N4O3S/c28-19(21-14-18-8-4-5-9-20(18)30-21)16-31-23-25-24-22(26-10-12-29-13-11-26)27(23)15-17-6-2-1-3-7-17/h1-9,14H,10-13,15-16H2. The van der Waals surface area contributed by atoms with E-state index in [1.165, 1.54) is 11.8 Å². The van der Waals surface area contributed by atoms with Gasteiger partial charge in [-0.2, -0.15) is 0 Å². The highest BCUT2D eigenvalue weighted by molar-refractivity contribution is 7.99.